The first-order valence-electron chi connectivity index (χ1n) is 8.02. The van der Waals surface area contributed by atoms with Gasteiger partial charge in [-0.1, -0.05) is 22.8 Å². The number of amides is 1. The fraction of sp³-hybridized carbons (Fsp3) is 0.211. The van der Waals surface area contributed by atoms with Gasteiger partial charge in [-0.15, -0.1) is 5.10 Å². The van der Waals surface area contributed by atoms with Crippen LogP contribution in [0.5, 0.6) is 5.75 Å². The Hall–Kier alpha value is -3.15. The zero-order valence-electron chi connectivity index (χ0n) is 14.4. The van der Waals surface area contributed by atoms with Crippen molar-refractivity contribution in [3.63, 3.8) is 0 Å². The highest BCUT2D eigenvalue weighted by molar-refractivity contribution is 6.04. The van der Waals surface area contributed by atoms with E-state index in [9.17, 15) is 4.79 Å². The van der Waals surface area contributed by atoms with Crippen LogP contribution in [0.2, 0.25) is 0 Å². The molecule has 0 saturated heterocycles. The molecule has 0 bridgehead atoms. The van der Waals surface area contributed by atoms with Crippen molar-refractivity contribution in [1.82, 2.24) is 10.2 Å². The number of rotatable bonds is 5. The number of carbonyl (C=O) groups is 1. The molecule has 128 valence electrons. The Bertz CT molecular complexity index is 885. The quantitative estimate of drug-likeness (QED) is 0.761. The van der Waals surface area contributed by atoms with Gasteiger partial charge in [-0.25, -0.2) is 0 Å². The molecule has 0 aliphatic heterocycles. The molecular formula is C19H19N3O3. The number of hydrogen-bond donors (Lipinski definition) is 1. The summed E-state index contributed by atoms with van der Waals surface area (Å²) >= 11 is 0. The predicted molar refractivity (Wildman–Crippen MR) is 94.8 cm³/mol. The molecule has 0 saturated carbocycles. The fourth-order valence-electron chi connectivity index (χ4n) is 2.40. The Morgan fingerprint density at radius 1 is 1.12 bits per heavy atom. The van der Waals surface area contributed by atoms with Gasteiger partial charge < -0.3 is 9.15 Å². The molecule has 0 unspecified atom stereocenters. The van der Waals surface area contributed by atoms with E-state index in [0.29, 0.717) is 18.1 Å². The highest BCUT2D eigenvalue weighted by Crippen LogP contribution is 2.23. The monoisotopic (exact) mass is 337 g/mol. The van der Waals surface area contributed by atoms with Gasteiger partial charge in [-0.2, -0.15) is 0 Å². The third-order valence-corrected chi connectivity index (χ3v) is 3.70. The van der Waals surface area contributed by atoms with Crippen molar-refractivity contribution < 1.29 is 13.9 Å². The van der Waals surface area contributed by atoms with E-state index < -0.39 is 0 Å². The number of benzene rings is 2. The summed E-state index contributed by atoms with van der Waals surface area (Å²) in [6, 6.07) is 13.1. The molecule has 2 aromatic carbocycles. The summed E-state index contributed by atoms with van der Waals surface area (Å²) in [4.78, 5) is 12.4. The molecule has 1 amide bonds. The van der Waals surface area contributed by atoms with Gasteiger partial charge in [0.25, 0.3) is 5.91 Å². The summed E-state index contributed by atoms with van der Waals surface area (Å²) in [6.07, 6.45) is 0. The van der Waals surface area contributed by atoms with Crippen molar-refractivity contribution in [3.05, 3.63) is 59.2 Å². The summed E-state index contributed by atoms with van der Waals surface area (Å²) in [6.45, 7) is 6.35. The topological polar surface area (TPSA) is 77.3 Å². The van der Waals surface area contributed by atoms with Gasteiger partial charge in [-0.3, -0.25) is 10.1 Å². The van der Waals surface area contributed by atoms with E-state index in [1.54, 1.807) is 0 Å². The summed E-state index contributed by atoms with van der Waals surface area (Å²) in [7, 11) is 0. The lowest BCUT2D eigenvalue weighted by atomic mass is 10.1. The van der Waals surface area contributed by atoms with E-state index >= 15 is 0 Å². The summed E-state index contributed by atoms with van der Waals surface area (Å²) in [5.74, 6) is 0.830. The van der Waals surface area contributed by atoms with Crippen LogP contribution in [0.4, 0.5) is 6.01 Å². The maximum Gasteiger partial charge on any atom is 0.322 e. The largest absolute Gasteiger partial charge is 0.494 e. The number of nitrogens with one attached hydrogen (secondary N) is 1. The average molecular weight is 337 g/mol. The zero-order chi connectivity index (χ0) is 17.8. The number of nitrogens with zero attached hydrogens (tertiary/aromatic N) is 2. The van der Waals surface area contributed by atoms with Gasteiger partial charge in [0, 0.05) is 11.1 Å². The van der Waals surface area contributed by atoms with Crippen LogP contribution >= 0.6 is 0 Å². The van der Waals surface area contributed by atoms with Gasteiger partial charge in [0.1, 0.15) is 5.75 Å². The van der Waals surface area contributed by atoms with Crippen molar-refractivity contribution >= 4 is 11.9 Å². The second-order valence-electron chi connectivity index (χ2n) is 5.64. The van der Waals surface area contributed by atoms with Crippen molar-refractivity contribution in [2.24, 2.45) is 0 Å². The molecule has 1 aromatic heterocycles. The van der Waals surface area contributed by atoms with Crippen molar-refractivity contribution in [3.8, 4) is 17.2 Å². The average Bonchev–Trinajstić information content (AvgIpc) is 3.06. The first-order chi connectivity index (χ1) is 12.1. The normalized spacial score (nSPS) is 10.5. The molecular weight excluding hydrogens is 318 g/mol. The fourth-order valence-corrected chi connectivity index (χ4v) is 2.40. The van der Waals surface area contributed by atoms with E-state index in [4.69, 9.17) is 9.15 Å². The number of aromatic nitrogens is 2. The van der Waals surface area contributed by atoms with Crippen LogP contribution in [0.15, 0.2) is 46.9 Å². The van der Waals surface area contributed by atoms with Crippen LogP contribution in [0.1, 0.15) is 28.4 Å². The molecule has 0 aliphatic rings. The van der Waals surface area contributed by atoms with Gasteiger partial charge >= 0.3 is 6.01 Å². The van der Waals surface area contributed by atoms with E-state index in [-0.39, 0.29) is 11.9 Å². The highest BCUT2D eigenvalue weighted by Gasteiger charge is 2.14. The third-order valence-electron chi connectivity index (χ3n) is 3.70. The molecule has 0 aliphatic carbocycles. The summed E-state index contributed by atoms with van der Waals surface area (Å²) in [5.41, 5.74) is 3.23. The SMILES string of the molecule is CCOc1ccc(-c2nnc(NC(=O)c3cc(C)ccc3C)o2)cc1. The lowest BCUT2D eigenvalue weighted by Crippen LogP contribution is -2.13. The Morgan fingerprint density at radius 3 is 2.60 bits per heavy atom. The van der Waals surface area contributed by atoms with Crippen LogP contribution < -0.4 is 10.1 Å². The second-order valence-corrected chi connectivity index (χ2v) is 5.64. The molecule has 0 atom stereocenters. The number of aryl methyl sites for hydroxylation is 2. The Morgan fingerprint density at radius 2 is 1.88 bits per heavy atom. The molecule has 0 fully saturated rings. The van der Waals surface area contributed by atoms with E-state index in [2.05, 4.69) is 15.5 Å². The molecule has 0 spiro atoms. The molecule has 6 nitrogen and oxygen atoms in total. The maximum atomic E-state index is 12.4. The van der Waals surface area contributed by atoms with Gasteiger partial charge in [0.15, 0.2) is 0 Å². The van der Waals surface area contributed by atoms with Crippen LogP contribution in [-0.4, -0.2) is 22.7 Å². The third kappa shape index (κ3) is 3.85. The molecule has 1 N–H and O–H groups in total. The molecule has 3 aromatic rings. The smallest absolute Gasteiger partial charge is 0.322 e. The van der Waals surface area contributed by atoms with Crippen molar-refractivity contribution in [2.75, 3.05) is 11.9 Å². The number of hydrogen-bond acceptors (Lipinski definition) is 5. The van der Waals surface area contributed by atoms with Crippen LogP contribution in [0.25, 0.3) is 11.5 Å². The minimum atomic E-state index is -0.275. The lowest BCUT2D eigenvalue weighted by Gasteiger charge is -2.05. The van der Waals surface area contributed by atoms with Crippen LogP contribution in [0, 0.1) is 13.8 Å². The van der Waals surface area contributed by atoms with Crippen molar-refractivity contribution in [2.45, 2.75) is 20.8 Å². The summed E-state index contributed by atoms with van der Waals surface area (Å²) in [5, 5.41) is 10.5. The van der Waals surface area contributed by atoms with Gasteiger partial charge in [-0.05, 0) is 56.7 Å². The lowest BCUT2D eigenvalue weighted by molar-refractivity contribution is 0.102. The van der Waals surface area contributed by atoms with E-state index in [1.165, 1.54) is 0 Å². The van der Waals surface area contributed by atoms with Crippen LogP contribution in [-0.2, 0) is 0 Å². The Kier molecular flexibility index (Phi) is 4.79. The Balaban J connectivity index is 1.75. The van der Waals surface area contributed by atoms with Crippen LogP contribution in [0.3, 0.4) is 0 Å². The standard InChI is InChI=1S/C19H19N3O3/c1-4-24-15-9-7-14(8-10-15)18-21-22-19(25-18)20-17(23)16-11-12(2)5-6-13(16)3/h5-11H,4H2,1-3H3,(H,20,22,23). The van der Waals surface area contributed by atoms with E-state index in [0.717, 1.165) is 22.4 Å². The molecule has 25 heavy (non-hydrogen) atoms. The molecule has 1 heterocycles. The molecule has 0 radical (unpaired) electrons. The van der Waals surface area contributed by atoms with Gasteiger partial charge in [0.05, 0.1) is 6.61 Å². The number of ether oxygens (including phenoxy) is 1. The second kappa shape index (κ2) is 7.17. The predicted octanol–water partition coefficient (Wildman–Crippen LogP) is 4.00. The Labute approximate surface area is 145 Å². The van der Waals surface area contributed by atoms with Crippen molar-refractivity contribution in [1.29, 1.82) is 0 Å². The zero-order valence-corrected chi connectivity index (χ0v) is 14.4. The number of anilines is 1. The minimum absolute atomic E-state index is 0.0646. The summed E-state index contributed by atoms with van der Waals surface area (Å²) < 4.78 is 10.9. The highest BCUT2D eigenvalue weighted by atomic mass is 16.5. The minimum Gasteiger partial charge on any atom is -0.494 e. The maximum absolute atomic E-state index is 12.4. The molecule has 3 rings (SSSR count). The van der Waals surface area contributed by atoms with E-state index in [1.807, 2.05) is 63.2 Å². The number of carbonyl (C=O) groups excluding carboxylic acids is 1. The molecule has 6 heteroatoms. The van der Waals surface area contributed by atoms with Gasteiger partial charge in [0.2, 0.25) is 5.89 Å². The first kappa shape index (κ1) is 16.7. The first-order valence-corrected chi connectivity index (χ1v) is 8.02.